The normalized spacial score (nSPS) is 11.7. The zero-order valence-electron chi connectivity index (χ0n) is 17.0. The Morgan fingerprint density at radius 1 is 0.645 bits per heavy atom. The summed E-state index contributed by atoms with van der Waals surface area (Å²) in [4.78, 5) is 4.90. The molecule has 0 spiro atoms. The molecule has 0 amide bonds. The summed E-state index contributed by atoms with van der Waals surface area (Å²) in [5.41, 5.74) is 3.32. The van der Waals surface area contributed by atoms with Crippen LogP contribution in [0.2, 0.25) is 0 Å². The predicted octanol–water partition coefficient (Wildman–Crippen LogP) is 8.03. The lowest BCUT2D eigenvalue weighted by molar-refractivity contribution is 1.49. The number of amidine groups is 1. The Bertz CT molecular complexity index is 1290. The Labute approximate surface area is 186 Å². The number of anilines is 1. The van der Waals surface area contributed by atoms with Crippen LogP contribution in [0.3, 0.4) is 0 Å². The van der Waals surface area contributed by atoms with Gasteiger partial charge in [0, 0.05) is 11.4 Å². The molecule has 0 aromatic heterocycles. The molecular formula is C28H22N2S. The third-order valence-electron chi connectivity index (χ3n) is 5.25. The van der Waals surface area contributed by atoms with Crippen molar-refractivity contribution in [3.63, 3.8) is 0 Å². The third-order valence-corrected chi connectivity index (χ3v) is 6.15. The summed E-state index contributed by atoms with van der Waals surface area (Å²) < 4.78 is 0. The van der Waals surface area contributed by atoms with Crippen molar-refractivity contribution in [1.29, 1.82) is 0 Å². The summed E-state index contributed by atoms with van der Waals surface area (Å²) in [6.45, 7) is 0. The molecule has 0 saturated carbocycles. The fourth-order valence-electron chi connectivity index (χ4n) is 3.77. The van der Waals surface area contributed by atoms with Crippen LogP contribution in [0.15, 0.2) is 120 Å². The van der Waals surface area contributed by atoms with Gasteiger partial charge in [0.15, 0.2) is 5.17 Å². The summed E-state index contributed by atoms with van der Waals surface area (Å²) in [5.74, 6) is 0.827. The van der Waals surface area contributed by atoms with E-state index in [9.17, 15) is 0 Å². The van der Waals surface area contributed by atoms with Gasteiger partial charge in [-0.1, -0.05) is 96.7 Å². The van der Waals surface area contributed by atoms with Crippen LogP contribution < -0.4 is 5.32 Å². The molecule has 0 bridgehead atoms. The minimum absolute atomic E-state index is 0.827. The number of fused-ring (bicyclic) bond motifs is 2. The number of para-hydroxylation sites is 2. The Morgan fingerprint density at radius 3 is 1.84 bits per heavy atom. The summed E-state index contributed by atoms with van der Waals surface area (Å²) in [6, 6.07) is 39.9. The average Bonchev–Trinajstić information content (AvgIpc) is 2.83. The molecule has 5 aromatic carbocycles. The number of rotatable bonds is 4. The van der Waals surface area contributed by atoms with Gasteiger partial charge in [-0.15, -0.1) is 0 Å². The first-order valence-electron chi connectivity index (χ1n) is 10.3. The van der Waals surface area contributed by atoms with Crippen molar-refractivity contribution in [3.05, 3.63) is 121 Å². The number of aliphatic imine (C=N–C) groups is 1. The molecule has 0 unspecified atom stereocenters. The second kappa shape index (κ2) is 9.07. The first-order chi connectivity index (χ1) is 15.4. The number of nitrogens with one attached hydrogen (secondary N) is 1. The molecule has 1 N–H and O–H groups in total. The minimum atomic E-state index is 0.827. The lowest BCUT2D eigenvalue weighted by Gasteiger charge is -2.14. The number of hydrogen-bond acceptors (Lipinski definition) is 2. The molecule has 0 saturated heterocycles. The van der Waals surface area contributed by atoms with Gasteiger partial charge in [0.1, 0.15) is 0 Å². The molecule has 3 heteroatoms. The molecule has 0 heterocycles. The molecule has 5 aromatic rings. The van der Waals surface area contributed by atoms with Crippen molar-refractivity contribution in [1.82, 2.24) is 0 Å². The fraction of sp³-hybridized carbons (Fsp3) is 0.0357. The molecule has 0 radical (unpaired) electrons. The van der Waals surface area contributed by atoms with Gasteiger partial charge in [0.25, 0.3) is 0 Å². The van der Waals surface area contributed by atoms with Gasteiger partial charge < -0.3 is 5.32 Å². The average molecular weight is 419 g/mol. The molecule has 5 rings (SSSR count). The highest BCUT2D eigenvalue weighted by molar-refractivity contribution is 8.13. The van der Waals surface area contributed by atoms with Crippen molar-refractivity contribution >= 4 is 49.8 Å². The van der Waals surface area contributed by atoms with Gasteiger partial charge in [0.05, 0.1) is 5.69 Å². The summed E-state index contributed by atoms with van der Waals surface area (Å²) in [7, 11) is 0. The van der Waals surface area contributed by atoms with Crippen molar-refractivity contribution in [2.75, 3.05) is 5.32 Å². The smallest absolute Gasteiger partial charge is 0.166 e. The fourth-order valence-corrected chi connectivity index (χ4v) is 4.72. The molecule has 0 aliphatic rings. The highest BCUT2D eigenvalue weighted by Gasteiger charge is 2.10. The van der Waals surface area contributed by atoms with Crippen molar-refractivity contribution < 1.29 is 0 Å². The Kier molecular flexibility index (Phi) is 5.68. The quantitative estimate of drug-likeness (QED) is 0.181. The second-order valence-electron chi connectivity index (χ2n) is 7.33. The van der Waals surface area contributed by atoms with Gasteiger partial charge in [0.2, 0.25) is 0 Å². The Hall–Kier alpha value is -3.56. The van der Waals surface area contributed by atoms with E-state index in [0.717, 1.165) is 22.3 Å². The van der Waals surface area contributed by atoms with Gasteiger partial charge in [-0.25, -0.2) is 4.99 Å². The van der Waals surface area contributed by atoms with E-state index in [0.29, 0.717) is 0 Å². The molecule has 2 nitrogen and oxygen atoms in total. The van der Waals surface area contributed by atoms with Crippen LogP contribution in [0.5, 0.6) is 0 Å². The lowest BCUT2D eigenvalue weighted by Crippen LogP contribution is -2.08. The summed E-state index contributed by atoms with van der Waals surface area (Å²) >= 11 is 1.73. The van der Waals surface area contributed by atoms with E-state index in [1.165, 1.54) is 27.1 Å². The highest BCUT2D eigenvalue weighted by Crippen LogP contribution is 2.32. The van der Waals surface area contributed by atoms with Crippen molar-refractivity contribution in [2.24, 2.45) is 4.99 Å². The number of hydrogen-bond donors (Lipinski definition) is 1. The van der Waals surface area contributed by atoms with Crippen LogP contribution in [0.25, 0.3) is 21.5 Å². The van der Waals surface area contributed by atoms with Crippen molar-refractivity contribution in [3.8, 4) is 0 Å². The van der Waals surface area contributed by atoms with Crippen LogP contribution in [0.1, 0.15) is 5.56 Å². The first-order valence-corrected chi connectivity index (χ1v) is 11.3. The zero-order chi connectivity index (χ0) is 20.9. The maximum absolute atomic E-state index is 4.90. The molecule has 31 heavy (non-hydrogen) atoms. The maximum Gasteiger partial charge on any atom is 0.166 e. The van der Waals surface area contributed by atoms with Crippen LogP contribution in [-0.2, 0) is 5.75 Å². The first kappa shape index (κ1) is 19.4. The monoisotopic (exact) mass is 418 g/mol. The van der Waals surface area contributed by atoms with Gasteiger partial charge in [-0.2, -0.15) is 0 Å². The van der Waals surface area contributed by atoms with Crippen LogP contribution >= 0.6 is 11.8 Å². The number of nitrogens with zero attached hydrogens (tertiary/aromatic N) is 1. The summed E-state index contributed by atoms with van der Waals surface area (Å²) in [5, 5.41) is 9.53. The third kappa shape index (κ3) is 4.47. The zero-order valence-corrected chi connectivity index (χ0v) is 17.8. The van der Waals surface area contributed by atoms with Gasteiger partial charge in [-0.3, -0.25) is 0 Å². The van der Waals surface area contributed by atoms with E-state index in [1.807, 2.05) is 48.5 Å². The molecule has 0 aliphatic heterocycles. The maximum atomic E-state index is 4.90. The molecule has 0 fully saturated rings. The van der Waals surface area contributed by atoms with Gasteiger partial charge >= 0.3 is 0 Å². The van der Waals surface area contributed by atoms with E-state index < -0.39 is 0 Å². The van der Waals surface area contributed by atoms with E-state index >= 15 is 0 Å². The highest BCUT2D eigenvalue weighted by atomic mass is 32.2. The Balaban J connectivity index is 1.53. The summed E-state index contributed by atoms with van der Waals surface area (Å²) in [6.07, 6.45) is 0. The lowest BCUT2D eigenvalue weighted by atomic mass is 9.98. The molecule has 0 aliphatic carbocycles. The van der Waals surface area contributed by atoms with Crippen molar-refractivity contribution in [2.45, 2.75) is 5.75 Å². The van der Waals surface area contributed by atoms with Crippen LogP contribution in [0, 0.1) is 0 Å². The van der Waals surface area contributed by atoms with E-state index in [1.54, 1.807) is 11.8 Å². The van der Waals surface area contributed by atoms with E-state index in [2.05, 4.69) is 72.0 Å². The number of thioether (sulfide) groups is 1. The SMILES string of the molecule is c1ccc(N=C(Nc2ccccc2)SCc2c3ccccc3cc3ccccc23)cc1. The van der Waals surface area contributed by atoms with E-state index in [-0.39, 0.29) is 0 Å². The Morgan fingerprint density at radius 2 is 1.19 bits per heavy atom. The predicted molar refractivity (Wildman–Crippen MR) is 136 cm³/mol. The largest absolute Gasteiger partial charge is 0.335 e. The van der Waals surface area contributed by atoms with Gasteiger partial charge in [-0.05, 0) is 57.4 Å². The minimum Gasteiger partial charge on any atom is -0.335 e. The molecular weight excluding hydrogens is 396 g/mol. The van der Waals surface area contributed by atoms with Crippen LogP contribution in [-0.4, -0.2) is 5.17 Å². The topological polar surface area (TPSA) is 24.4 Å². The second-order valence-corrected chi connectivity index (χ2v) is 8.29. The molecule has 0 atom stereocenters. The van der Waals surface area contributed by atoms with E-state index in [4.69, 9.17) is 4.99 Å². The standard InChI is InChI=1S/C28H22N2S/c1-3-13-23(14-4-1)29-28(30-24-15-5-2-6-16-24)31-20-27-25-17-9-7-11-21(25)19-22-12-8-10-18-26(22)27/h1-19H,20H2,(H,29,30). The number of benzene rings is 5. The molecule has 150 valence electrons. The van der Waals surface area contributed by atoms with Crippen LogP contribution in [0.4, 0.5) is 11.4 Å².